The third-order valence-corrected chi connectivity index (χ3v) is 4.74. The summed E-state index contributed by atoms with van der Waals surface area (Å²) >= 11 is 0. The molecule has 0 saturated heterocycles. The summed E-state index contributed by atoms with van der Waals surface area (Å²) in [4.78, 5) is 29.4. The van der Waals surface area contributed by atoms with Gasteiger partial charge in [-0.3, -0.25) is 9.59 Å². The van der Waals surface area contributed by atoms with Crippen LogP contribution in [0.25, 0.3) is 0 Å². The second-order valence-corrected chi connectivity index (χ2v) is 6.86. The molecule has 0 spiro atoms. The Morgan fingerprint density at radius 3 is 2.39 bits per heavy atom. The van der Waals surface area contributed by atoms with Crippen molar-refractivity contribution in [2.45, 2.75) is 26.3 Å². The zero-order chi connectivity index (χ0) is 20.4. The van der Waals surface area contributed by atoms with Crippen LogP contribution in [0.3, 0.4) is 0 Å². The van der Waals surface area contributed by atoms with Gasteiger partial charge in [-0.25, -0.2) is 0 Å². The van der Waals surface area contributed by atoms with E-state index in [1.807, 2.05) is 48.1 Å². The van der Waals surface area contributed by atoms with Crippen LogP contribution in [0.4, 0.5) is 0 Å². The molecule has 6 nitrogen and oxygen atoms in total. The third-order valence-electron chi connectivity index (χ3n) is 4.74. The number of unbranched alkanes of at least 4 members (excludes halogenated alkanes) is 1. The second-order valence-electron chi connectivity index (χ2n) is 6.86. The minimum atomic E-state index is -0.104. The number of nitrogens with zero attached hydrogens (tertiary/aromatic N) is 3. The fraction of sp³-hybridized carbons (Fsp3) is 0.455. The highest BCUT2D eigenvalue weighted by atomic mass is 16.5. The van der Waals surface area contributed by atoms with Crippen molar-refractivity contribution >= 4 is 11.8 Å². The lowest BCUT2D eigenvalue weighted by molar-refractivity contribution is -0.133. The van der Waals surface area contributed by atoms with Crippen LogP contribution in [-0.4, -0.2) is 59.5 Å². The number of rotatable bonds is 11. The molecular formula is C22H31N3O3. The van der Waals surface area contributed by atoms with Gasteiger partial charge in [-0.1, -0.05) is 31.5 Å². The predicted molar refractivity (Wildman–Crippen MR) is 110 cm³/mol. The fourth-order valence-corrected chi connectivity index (χ4v) is 2.98. The molecule has 1 heterocycles. The lowest BCUT2D eigenvalue weighted by atomic mass is 10.2. The smallest absolute Gasteiger partial charge is 0.254 e. The van der Waals surface area contributed by atoms with E-state index < -0.39 is 0 Å². The average molecular weight is 386 g/mol. The van der Waals surface area contributed by atoms with Crippen molar-refractivity contribution in [3.63, 3.8) is 0 Å². The maximum Gasteiger partial charge on any atom is 0.254 e. The summed E-state index contributed by atoms with van der Waals surface area (Å²) in [5, 5.41) is 0. The van der Waals surface area contributed by atoms with Gasteiger partial charge in [0.2, 0.25) is 5.91 Å². The maximum absolute atomic E-state index is 13.1. The Hall–Kier alpha value is -2.60. The van der Waals surface area contributed by atoms with Crippen LogP contribution in [0.2, 0.25) is 0 Å². The molecule has 0 bridgehead atoms. The largest absolute Gasteiger partial charge is 0.383 e. The number of carbonyl (C=O) groups is 2. The Bertz CT molecular complexity index is 742. The number of methoxy groups -OCH3 is 1. The lowest BCUT2D eigenvalue weighted by Crippen LogP contribution is -2.44. The Morgan fingerprint density at radius 2 is 1.79 bits per heavy atom. The van der Waals surface area contributed by atoms with E-state index in [2.05, 4.69) is 6.92 Å². The second kappa shape index (κ2) is 11.3. The highest BCUT2D eigenvalue weighted by molar-refractivity contribution is 5.96. The number of aryl methyl sites for hydroxylation is 1. The summed E-state index contributed by atoms with van der Waals surface area (Å²) in [7, 11) is 3.58. The van der Waals surface area contributed by atoms with E-state index in [9.17, 15) is 9.59 Å². The normalized spacial score (nSPS) is 10.7. The molecule has 2 aromatic rings. The Labute approximate surface area is 167 Å². The molecule has 1 aromatic carbocycles. The zero-order valence-electron chi connectivity index (χ0n) is 17.1. The molecule has 2 amide bonds. The minimum Gasteiger partial charge on any atom is -0.383 e. The van der Waals surface area contributed by atoms with Crippen LogP contribution in [0.15, 0.2) is 48.7 Å². The van der Waals surface area contributed by atoms with Crippen LogP contribution in [0, 0.1) is 0 Å². The quantitative estimate of drug-likeness (QED) is 0.598. The van der Waals surface area contributed by atoms with Gasteiger partial charge in [0.05, 0.1) is 13.2 Å². The van der Waals surface area contributed by atoms with Crippen molar-refractivity contribution in [2.24, 2.45) is 7.05 Å². The molecule has 0 atom stereocenters. The van der Waals surface area contributed by atoms with Crippen molar-refractivity contribution in [2.75, 3.05) is 33.4 Å². The number of benzene rings is 1. The molecule has 0 aliphatic rings. The first-order valence-electron chi connectivity index (χ1n) is 9.78. The van der Waals surface area contributed by atoms with Crippen LogP contribution in [-0.2, 0) is 23.1 Å². The Kier molecular flexibility index (Phi) is 8.75. The van der Waals surface area contributed by atoms with Gasteiger partial charge in [0.15, 0.2) is 0 Å². The van der Waals surface area contributed by atoms with Crippen LogP contribution < -0.4 is 0 Å². The summed E-state index contributed by atoms with van der Waals surface area (Å²) in [6.07, 6.45) is 3.78. The zero-order valence-corrected chi connectivity index (χ0v) is 17.1. The monoisotopic (exact) mass is 385 g/mol. The Balaban J connectivity index is 2.12. The van der Waals surface area contributed by atoms with Crippen molar-refractivity contribution in [1.29, 1.82) is 0 Å². The molecule has 152 valence electrons. The van der Waals surface area contributed by atoms with Crippen molar-refractivity contribution < 1.29 is 14.3 Å². The highest BCUT2D eigenvalue weighted by Crippen LogP contribution is 2.10. The lowest BCUT2D eigenvalue weighted by Gasteiger charge is -2.28. The average Bonchev–Trinajstić information content (AvgIpc) is 3.12. The third kappa shape index (κ3) is 6.23. The maximum atomic E-state index is 13.1. The summed E-state index contributed by atoms with van der Waals surface area (Å²) < 4.78 is 7.17. The molecule has 0 unspecified atom stereocenters. The minimum absolute atomic E-state index is 0.0707. The number of carbonyl (C=O) groups excluding carboxylic acids is 2. The van der Waals surface area contributed by atoms with Gasteiger partial charge in [-0.2, -0.15) is 0 Å². The van der Waals surface area contributed by atoms with E-state index in [1.165, 1.54) is 0 Å². The van der Waals surface area contributed by atoms with E-state index in [0.717, 1.165) is 18.5 Å². The molecule has 6 heteroatoms. The first-order chi connectivity index (χ1) is 13.6. The molecule has 0 aliphatic heterocycles. The molecule has 0 aliphatic carbocycles. The number of hydrogen-bond acceptors (Lipinski definition) is 3. The Morgan fingerprint density at radius 1 is 1.04 bits per heavy atom. The molecule has 0 radical (unpaired) electrons. The topological polar surface area (TPSA) is 54.8 Å². The summed E-state index contributed by atoms with van der Waals surface area (Å²) in [6, 6.07) is 13.1. The predicted octanol–water partition coefficient (Wildman–Crippen LogP) is 2.94. The molecule has 2 rings (SSSR count). The highest BCUT2D eigenvalue weighted by Gasteiger charge is 2.22. The van der Waals surface area contributed by atoms with E-state index in [4.69, 9.17) is 4.74 Å². The van der Waals surface area contributed by atoms with Crippen LogP contribution >= 0.6 is 0 Å². The number of ether oxygens (including phenoxy) is 1. The number of amides is 2. The van der Waals surface area contributed by atoms with E-state index in [-0.39, 0.29) is 18.4 Å². The first kappa shape index (κ1) is 21.7. The molecule has 0 N–H and O–H groups in total. The van der Waals surface area contributed by atoms with Crippen LogP contribution in [0.1, 0.15) is 35.8 Å². The summed E-state index contributed by atoms with van der Waals surface area (Å²) in [5.41, 5.74) is 1.65. The van der Waals surface area contributed by atoms with Gasteiger partial charge in [0.1, 0.15) is 6.54 Å². The van der Waals surface area contributed by atoms with E-state index in [0.29, 0.717) is 31.8 Å². The van der Waals surface area contributed by atoms with Crippen molar-refractivity contribution in [3.8, 4) is 0 Å². The number of hydrogen-bond donors (Lipinski definition) is 0. The molecule has 28 heavy (non-hydrogen) atoms. The molecule has 0 fully saturated rings. The van der Waals surface area contributed by atoms with Crippen molar-refractivity contribution in [1.82, 2.24) is 14.4 Å². The van der Waals surface area contributed by atoms with Gasteiger partial charge in [0, 0.05) is 44.7 Å². The summed E-state index contributed by atoms with van der Waals surface area (Å²) in [6.45, 7) is 4.15. The van der Waals surface area contributed by atoms with Gasteiger partial charge >= 0.3 is 0 Å². The standard InChI is InChI=1S/C22H31N3O3/c1-4-5-14-25(22(27)19-10-7-6-8-11-19)18-21(26)24(15-16-28-3)17-20-12-9-13-23(20)2/h6-13H,4-5,14-18H2,1-3H3. The molecule has 0 saturated carbocycles. The van der Waals surface area contributed by atoms with Gasteiger partial charge in [-0.15, -0.1) is 0 Å². The van der Waals surface area contributed by atoms with Crippen molar-refractivity contribution in [3.05, 3.63) is 59.9 Å². The molecule has 1 aromatic heterocycles. The van der Waals surface area contributed by atoms with E-state index >= 15 is 0 Å². The van der Waals surface area contributed by atoms with Gasteiger partial charge < -0.3 is 19.1 Å². The first-order valence-corrected chi connectivity index (χ1v) is 9.78. The summed E-state index contributed by atoms with van der Waals surface area (Å²) in [5.74, 6) is -0.174. The molecular weight excluding hydrogens is 354 g/mol. The fourth-order valence-electron chi connectivity index (χ4n) is 2.98. The van der Waals surface area contributed by atoms with Crippen LogP contribution in [0.5, 0.6) is 0 Å². The van der Waals surface area contributed by atoms with Gasteiger partial charge in [0.25, 0.3) is 5.91 Å². The van der Waals surface area contributed by atoms with Gasteiger partial charge in [-0.05, 0) is 30.7 Å². The SMILES string of the molecule is CCCCN(CC(=O)N(CCOC)Cc1cccn1C)C(=O)c1ccccc1. The number of aromatic nitrogens is 1. The van der Waals surface area contributed by atoms with E-state index in [1.54, 1.807) is 29.0 Å².